The molecule has 8 heteroatoms. The van der Waals surface area contributed by atoms with Crippen molar-refractivity contribution in [2.45, 2.75) is 6.92 Å². The monoisotopic (exact) mass is 275 g/mol. The van der Waals surface area contributed by atoms with Crippen LogP contribution in [0.4, 0.5) is 5.69 Å². The topological polar surface area (TPSA) is 115 Å². The fourth-order valence-corrected chi connectivity index (χ4v) is 1.52. The van der Waals surface area contributed by atoms with E-state index >= 15 is 0 Å². The van der Waals surface area contributed by atoms with Gasteiger partial charge in [-0.05, 0) is 18.6 Å². The molecule has 0 unspecified atom stereocenters. The Morgan fingerprint density at radius 1 is 1.40 bits per heavy atom. The highest BCUT2D eigenvalue weighted by molar-refractivity contribution is 5.92. The van der Waals surface area contributed by atoms with E-state index < -0.39 is 22.1 Å². The third-order valence-electron chi connectivity index (χ3n) is 2.39. The quantitative estimate of drug-likeness (QED) is 0.671. The highest BCUT2D eigenvalue weighted by atomic mass is 16.6. The van der Waals surface area contributed by atoms with E-state index in [0.29, 0.717) is 0 Å². The van der Waals surface area contributed by atoms with Gasteiger partial charge in [-0.25, -0.2) is 4.79 Å². The van der Waals surface area contributed by atoms with Crippen LogP contribution in [0.5, 0.6) is 11.6 Å². The van der Waals surface area contributed by atoms with Crippen molar-refractivity contribution >= 4 is 11.7 Å². The van der Waals surface area contributed by atoms with Crippen LogP contribution in [0.15, 0.2) is 30.5 Å². The van der Waals surface area contributed by atoms with Gasteiger partial charge in [-0.15, -0.1) is 5.10 Å². The van der Waals surface area contributed by atoms with Crippen molar-refractivity contribution < 1.29 is 19.6 Å². The van der Waals surface area contributed by atoms with E-state index in [1.807, 2.05) is 0 Å². The number of aromatic carboxylic acids is 1. The minimum absolute atomic E-state index is 0.132. The zero-order chi connectivity index (χ0) is 14.7. The Bertz CT molecular complexity index is 687. The lowest BCUT2D eigenvalue weighted by atomic mass is 10.1. The van der Waals surface area contributed by atoms with Crippen molar-refractivity contribution in [3.05, 3.63) is 51.7 Å². The molecule has 0 radical (unpaired) electrons. The maximum absolute atomic E-state index is 11.0. The highest BCUT2D eigenvalue weighted by Crippen LogP contribution is 2.26. The van der Waals surface area contributed by atoms with E-state index in [4.69, 9.17) is 9.84 Å². The van der Waals surface area contributed by atoms with Gasteiger partial charge in [0.1, 0.15) is 11.3 Å². The number of carbonyl (C=O) groups is 1. The summed E-state index contributed by atoms with van der Waals surface area (Å²) in [6.07, 6.45) is 1.53. The number of nitrogens with zero attached hydrogens (tertiary/aromatic N) is 3. The summed E-state index contributed by atoms with van der Waals surface area (Å²) < 4.78 is 5.33. The molecule has 102 valence electrons. The summed E-state index contributed by atoms with van der Waals surface area (Å²) in [7, 11) is 0. The lowest BCUT2D eigenvalue weighted by Gasteiger charge is -2.05. The normalized spacial score (nSPS) is 10.1. The van der Waals surface area contributed by atoms with Crippen molar-refractivity contribution in [3.8, 4) is 11.6 Å². The first-order chi connectivity index (χ1) is 9.47. The average molecular weight is 275 g/mol. The van der Waals surface area contributed by atoms with Crippen LogP contribution in [0.1, 0.15) is 15.9 Å². The summed E-state index contributed by atoms with van der Waals surface area (Å²) in [5.41, 5.74) is -0.136. The fourth-order valence-electron chi connectivity index (χ4n) is 1.52. The van der Waals surface area contributed by atoms with Gasteiger partial charge in [-0.3, -0.25) is 10.1 Å². The van der Waals surface area contributed by atoms with Gasteiger partial charge in [0.05, 0.1) is 11.1 Å². The average Bonchev–Trinajstić information content (AvgIpc) is 2.38. The maximum atomic E-state index is 11.0. The van der Waals surface area contributed by atoms with Gasteiger partial charge in [0.25, 0.3) is 5.69 Å². The highest BCUT2D eigenvalue weighted by Gasteiger charge is 2.20. The summed E-state index contributed by atoms with van der Waals surface area (Å²) in [5.74, 6) is -1.10. The summed E-state index contributed by atoms with van der Waals surface area (Å²) in [6.45, 7) is 1.79. The molecule has 1 aromatic heterocycles. The predicted octanol–water partition coefficient (Wildman–Crippen LogP) is 2.18. The minimum Gasteiger partial charge on any atom is -0.477 e. The Morgan fingerprint density at radius 2 is 2.15 bits per heavy atom. The summed E-state index contributed by atoms with van der Waals surface area (Å²) in [4.78, 5) is 21.0. The lowest BCUT2D eigenvalue weighted by Crippen LogP contribution is -2.03. The Hall–Kier alpha value is -3.03. The number of carboxylic acids is 1. The molecule has 1 aromatic carbocycles. The van der Waals surface area contributed by atoms with Crippen LogP contribution in [-0.4, -0.2) is 26.2 Å². The molecule has 0 bridgehead atoms. The van der Waals surface area contributed by atoms with E-state index in [1.165, 1.54) is 12.3 Å². The van der Waals surface area contributed by atoms with Crippen molar-refractivity contribution in [1.29, 1.82) is 0 Å². The number of aromatic nitrogens is 2. The Kier molecular flexibility index (Phi) is 3.56. The second-order valence-electron chi connectivity index (χ2n) is 3.91. The largest absolute Gasteiger partial charge is 0.477 e. The summed E-state index contributed by atoms with van der Waals surface area (Å²) in [5, 5.41) is 27.1. The Balaban J connectivity index is 2.36. The lowest BCUT2D eigenvalue weighted by molar-refractivity contribution is -0.385. The van der Waals surface area contributed by atoms with Crippen LogP contribution in [0.2, 0.25) is 0 Å². The fraction of sp³-hybridized carbons (Fsp3) is 0.0833. The number of nitro benzene ring substituents is 1. The Labute approximate surface area is 112 Å². The first-order valence-corrected chi connectivity index (χ1v) is 5.46. The number of nitro groups is 1. The first-order valence-electron chi connectivity index (χ1n) is 5.46. The van der Waals surface area contributed by atoms with Crippen LogP contribution in [0.3, 0.4) is 0 Å². The molecule has 0 amide bonds. The molecule has 0 aliphatic carbocycles. The molecular weight excluding hydrogens is 266 g/mol. The van der Waals surface area contributed by atoms with Crippen molar-refractivity contribution in [3.63, 3.8) is 0 Å². The van der Waals surface area contributed by atoms with Crippen molar-refractivity contribution in [2.75, 3.05) is 0 Å². The van der Waals surface area contributed by atoms with Gasteiger partial charge in [0.15, 0.2) is 0 Å². The Morgan fingerprint density at radius 3 is 2.75 bits per heavy atom. The van der Waals surface area contributed by atoms with E-state index in [-0.39, 0.29) is 11.6 Å². The van der Waals surface area contributed by atoms with Crippen LogP contribution >= 0.6 is 0 Å². The molecule has 0 saturated carbocycles. The molecule has 0 saturated heterocycles. The molecule has 1 N–H and O–H groups in total. The minimum atomic E-state index is -1.41. The summed E-state index contributed by atoms with van der Waals surface area (Å²) >= 11 is 0. The van der Waals surface area contributed by atoms with E-state index in [2.05, 4.69) is 10.2 Å². The molecule has 2 rings (SSSR count). The molecule has 0 aliphatic heterocycles. The molecule has 0 spiro atoms. The third-order valence-corrected chi connectivity index (χ3v) is 2.39. The third kappa shape index (κ3) is 2.86. The summed E-state index contributed by atoms with van der Waals surface area (Å²) in [6, 6.07) is 5.05. The molecule has 8 nitrogen and oxygen atoms in total. The van der Waals surface area contributed by atoms with Gasteiger partial charge >= 0.3 is 5.97 Å². The van der Waals surface area contributed by atoms with E-state index in [9.17, 15) is 14.9 Å². The van der Waals surface area contributed by atoms with Crippen molar-refractivity contribution in [2.24, 2.45) is 0 Å². The molecular formula is C12H9N3O5. The standard InChI is InChI=1S/C12H9N3O5/c1-7-4-11(14-13-6-7)20-8-2-3-10(15(18)19)9(5-8)12(16)17/h2-6H,1H3,(H,16,17). The maximum Gasteiger partial charge on any atom is 0.342 e. The second-order valence-corrected chi connectivity index (χ2v) is 3.91. The van der Waals surface area contributed by atoms with Crippen LogP contribution in [0.25, 0.3) is 0 Å². The SMILES string of the molecule is Cc1cnnc(Oc2ccc([N+](=O)[O-])c(C(=O)O)c2)c1. The number of carboxylic acid groups (broad SMARTS) is 1. The zero-order valence-corrected chi connectivity index (χ0v) is 10.3. The van der Waals surface area contributed by atoms with Gasteiger partial charge < -0.3 is 9.84 Å². The molecule has 0 atom stereocenters. The van der Waals surface area contributed by atoms with Gasteiger partial charge in [-0.1, -0.05) is 0 Å². The van der Waals surface area contributed by atoms with Crippen LogP contribution in [-0.2, 0) is 0 Å². The van der Waals surface area contributed by atoms with Gasteiger partial charge in [0, 0.05) is 18.2 Å². The van der Waals surface area contributed by atoms with Gasteiger partial charge in [0.2, 0.25) is 5.88 Å². The van der Waals surface area contributed by atoms with Crippen molar-refractivity contribution in [1.82, 2.24) is 10.2 Å². The molecule has 0 aliphatic rings. The first kappa shape index (κ1) is 13.4. The predicted molar refractivity (Wildman–Crippen MR) is 66.9 cm³/mol. The van der Waals surface area contributed by atoms with Crippen LogP contribution < -0.4 is 4.74 Å². The molecule has 20 heavy (non-hydrogen) atoms. The number of ether oxygens (including phenoxy) is 1. The van der Waals surface area contributed by atoms with E-state index in [0.717, 1.165) is 17.7 Å². The zero-order valence-electron chi connectivity index (χ0n) is 10.3. The molecule has 2 aromatic rings. The molecule has 0 fully saturated rings. The smallest absolute Gasteiger partial charge is 0.342 e. The van der Waals surface area contributed by atoms with Gasteiger partial charge in [-0.2, -0.15) is 5.10 Å². The van der Waals surface area contributed by atoms with Crippen LogP contribution in [0, 0.1) is 17.0 Å². The number of hydrogen-bond acceptors (Lipinski definition) is 6. The number of hydrogen-bond donors (Lipinski definition) is 1. The second kappa shape index (κ2) is 5.31. The number of benzene rings is 1. The van der Waals surface area contributed by atoms with E-state index in [1.54, 1.807) is 13.0 Å². The molecule has 1 heterocycles. The number of aryl methyl sites for hydroxylation is 1. The number of rotatable bonds is 4.